The second-order valence-corrected chi connectivity index (χ2v) is 5.52. The van der Waals surface area contributed by atoms with Crippen LogP contribution in [0.5, 0.6) is 0 Å². The Morgan fingerprint density at radius 2 is 1.89 bits per heavy atom. The SMILES string of the molecule is O=C(O)C1CCN(C(=O)CC[C@@H]2CCCCO2)CC1. The molecule has 0 aromatic heterocycles. The van der Waals surface area contributed by atoms with E-state index < -0.39 is 5.97 Å². The second-order valence-electron chi connectivity index (χ2n) is 5.52. The first kappa shape index (κ1) is 14.3. The number of amides is 1. The predicted molar refractivity (Wildman–Crippen MR) is 69.8 cm³/mol. The van der Waals surface area contributed by atoms with Crippen LogP contribution >= 0.6 is 0 Å². The van der Waals surface area contributed by atoms with Gasteiger partial charge in [-0.15, -0.1) is 0 Å². The van der Waals surface area contributed by atoms with Gasteiger partial charge in [0.15, 0.2) is 0 Å². The van der Waals surface area contributed by atoms with Crippen LogP contribution in [-0.2, 0) is 14.3 Å². The number of carbonyl (C=O) groups excluding carboxylic acids is 1. The van der Waals surface area contributed by atoms with Crippen molar-refractivity contribution >= 4 is 11.9 Å². The van der Waals surface area contributed by atoms with E-state index in [1.54, 1.807) is 0 Å². The van der Waals surface area contributed by atoms with Gasteiger partial charge < -0.3 is 14.7 Å². The molecule has 108 valence electrons. The van der Waals surface area contributed by atoms with Crippen LogP contribution in [0.1, 0.15) is 44.9 Å². The van der Waals surface area contributed by atoms with E-state index in [-0.39, 0.29) is 17.9 Å². The summed E-state index contributed by atoms with van der Waals surface area (Å²) < 4.78 is 5.62. The van der Waals surface area contributed by atoms with Gasteiger partial charge in [0.1, 0.15) is 0 Å². The predicted octanol–water partition coefficient (Wildman–Crippen LogP) is 1.66. The molecule has 0 saturated carbocycles. The van der Waals surface area contributed by atoms with Crippen LogP contribution in [0.25, 0.3) is 0 Å². The van der Waals surface area contributed by atoms with Gasteiger partial charge in [0.25, 0.3) is 0 Å². The molecule has 0 unspecified atom stereocenters. The zero-order valence-corrected chi connectivity index (χ0v) is 11.3. The van der Waals surface area contributed by atoms with Crippen molar-refractivity contribution in [1.29, 1.82) is 0 Å². The summed E-state index contributed by atoms with van der Waals surface area (Å²) in [5.74, 6) is -0.855. The molecule has 1 atom stereocenters. The van der Waals surface area contributed by atoms with E-state index in [0.717, 1.165) is 25.9 Å². The van der Waals surface area contributed by atoms with Crippen molar-refractivity contribution in [1.82, 2.24) is 4.90 Å². The van der Waals surface area contributed by atoms with Gasteiger partial charge in [-0.2, -0.15) is 0 Å². The number of nitrogens with zero attached hydrogens (tertiary/aromatic N) is 1. The fourth-order valence-corrected chi connectivity index (χ4v) is 2.85. The lowest BCUT2D eigenvalue weighted by molar-refractivity contribution is -0.145. The van der Waals surface area contributed by atoms with E-state index in [4.69, 9.17) is 9.84 Å². The lowest BCUT2D eigenvalue weighted by atomic mass is 9.96. The maximum atomic E-state index is 12.0. The topological polar surface area (TPSA) is 66.8 Å². The highest BCUT2D eigenvalue weighted by atomic mass is 16.5. The minimum Gasteiger partial charge on any atom is -0.481 e. The Morgan fingerprint density at radius 3 is 2.47 bits per heavy atom. The number of piperidine rings is 1. The van der Waals surface area contributed by atoms with E-state index >= 15 is 0 Å². The van der Waals surface area contributed by atoms with Crippen LogP contribution in [-0.4, -0.2) is 47.7 Å². The molecule has 2 rings (SSSR count). The molecule has 0 aromatic carbocycles. The average molecular weight is 269 g/mol. The van der Waals surface area contributed by atoms with Crippen molar-refractivity contribution in [2.45, 2.75) is 51.0 Å². The highest BCUT2D eigenvalue weighted by Crippen LogP contribution is 2.20. The summed E-state index contributed by atoms with van der Waals surface area (Å²) in [5.41, 5.74) is 0. The Kier molecular flexibility index (Phi) is 5.19. The molecule has 1 N–H and O–H groups in total. The summed E-state index contributed by atoms with van der Waals surface area (Å²) in [4.78, 5) is 24.7. The number of carboxylic acid groups (broad SMARTS) is 1. The van der Waals surface area contributed by atoms with Gasteiger partial charge in [0.2, 0.25) is 5.91 Å². The van der Waals surface area contributed by atoms with Gasteiger partial charge in [-0.25, -0.2) is 0 Å². The Labute approximate surface area is 113 Å². The highest BCUT2D eigenvalue weighted by Gasteiger charge is 2.27. The molecule has 0 spiro atoms. The van der Waals surface area contributed by atoms with E-state index in [2.05, 4.69) is 0 Å². The molecule has 2 aliphatic heterocycles. The third kappa shape index (κ3) is 4.20. The summed E-state index contributed by atoms with van der Waals surface area (Å²) in [7, 11) is 0. The van der Waals surface area contributed by atoms with Gasteiger partial charge in [-0.05, 0) is 38.5 Å². The van der Waals surface area contributed by atoms with Gasteiger partial charge in [-0.1, -0.05) is 0 Å². The molecule has 2 aliphatic rings. The first-order chi connectivity index (χ1) is 9.16. The number of carbonyl (C=O) groups is 2. The molecular formula is C14H23NO4. The van der Waals surface area contributed by atoms with Crippen molar-refractivity contribution in [3.63, 3.8) is 0 Å². The summed E-state index contributed by atoms with van der Waals surface area (Å²) in [5, 5.41) is 8.92. The van der Waals surface area contributed by atoms with Crippen molar-refractivity contribution < 1.29 is 19.4 Å². The Balaban J connectivity index is 1.67. The fourth-order valence-electron chi connectivity index (χ4n) is 2.85. The van der Waals surface area contributed by atoms with Crippen LogP contribution < -0.4 is 0 Å². The van der Waals surface area contributed by atoms with Gasteiger partial charge in [-0.3, -0.25) is 9.59 Å². The zero-order valence-electron chi connectivity index (χ0n) is 11.3. The quantitative estimate of drug-likeness (QED) is 0.843. The first-order valence-electron chi connectivity index (χ1n) is 7.29. The van der Waals surface area contributed by atoms with E-state index in [1.165, 1.54) is 6.42 Å². The highest BCUT2D eigenvalue weighted by molar-refractivity contribution is 5.77. The van der Waals surface area contributed by atoms with Crippen LogP contribution in [0.2, 0.25) is 0 Å². The maximum absolute atomic E-state index is 12.0. The summed E-state index contributed by atoms with van der Waals surface area (Å²) in [6.45, 7) is 1.99. The zero-order chi connectivity index (χ0) is 13.7. The van der Waals surface area contributed by atoms with Crippen LogP contribution in [0.15, 0.2) is 0 Å². The number of hydrogen-bond donors (Lipinski definition) is 1. The van der Waals surface area contributed by atoms with Gasteiger partial charge in [0, 0.05) is 26.1 Å². The number of rotatable bonds is 4. The molecule has 5 nitrogen and oxygen atoms in total. The Bertz CT molecular complexity index is 317. The van der Waals surface area contributed by atoms with Gasteiger partial charge >= 0.3 is 5.97 Å². The van der Waals surface area contributed by atoms with Crippen LogP contribution in [0.4, 0.5) is 0 Å². The average Bonchev–Trinajstić information content (AvgIpc) is 2.46. The second kappa shape index (κ2) is 6.89. The molecule has 19 heavy (non-hydrogen) atoms. The van der Waals surface area contributed by atoms with Crippen molar-refractivity contribution in [3.8, 4) is 0 Å². The monoisotopic (exact) mass is 269 g/mol. The summed E-state index contributed by atoms with van der Waals surface area (Å²) in [6, 6.07) is 0. The van der Waals surface area contributed by atoms with Crippen molar-refractivity contribution in [2.24, 2.45) is 5.92 Å². The minimum atomic E-state index is -0.734. The molecule has 1 amide bonds. The standard InChI is InChI=1S/C14H23NO4/c16-13(5-4-12-3-1-2-10-19-12)15-8-6-11(7-9-15)14(17)18/h11-12H,1-10H2,(H,17,18)/t12-/m0/s1. The third-order valence-electron chi connectivity index (χ3n) is 4.15. The molecule has 0 aromatic rings. The summed E-state index contributed by atoms with van der Waals surface area (Å²) in [6.07, 6.45) is 6.14. The number of likely N-dealkylation sites (tertiary alicyclic amines) is 1. The molecule has 2 saturated heterocycles. The number of ether oxygens (including phenoxy) is 1. The normalized spacial score (nSPS) is 25.3. The van der Waals surface area contributed by atoms with Gasteiger partial charge in [0.05, 0.1) is 12.0 Å². The van der Waals surface area contributed by atoms with E-state index in [1.807, 2.05) is 4.90 Å². The smallest absolute Gasteiger partial charge is 0.306 e. The maximum Gasteiger partial charge on any atom is 0.306 e. The molecular weight excluding hydrogens is 246 g/mol. The number of hydrogen-bond acceptors (Lipinski definition) is 3. The molecule has 2 fully saturated rings. The third-order valence-corrected chi connectivity index (χ3v) is 4.15. The van der Waals surface area contributed by atoms with E-state index in [0.29, 0.717) is 32.4 Å². The number of aliphatic carboxylic acids is 1. The van der Waals surface area contributed by atoms with E-state index in [9.17, 15) is 9.59 Å². The molecule has 5 heteroatoms. The fraction of sp³-hybridized carbons (Fsp3) is 0.857. The largest absolute Gasteiger partial charge is 0.481 e. The van der Waals surface area contributed by atoms with Crippen molar-refractivity contribution in [3.05, 3.63) is 0 Å². The lowest BCUT2D eigenvalue weighted by Gasteiger charge is -2.31. The molecule has 0 bridgehead atoms. The summed E-state index contributed by atoms with van der Waals surface area (Å²) >= 11 is 0. The lowest BCUT2D eigenvalue weighted by Crippen LogP contribution is -2.40. The van der Waals surface area contributed by atoms with Crippen LogP contribution in [0.3, 0.4) is 0 Å². The Morgan fingerprint density at radius 1 is 1.16 bits per heavy atom. The van der Waals surface area contributed by atoms with Crippen LogP contribution in [0, 0.1) is 5.92 Å². The number of carboxylic acids is 1. The van der Waals surface area contributed by atoms with Crippen molar-refractivity contribution in [2.75, 3.05) is 19.7 Å². The Hall–Kier alpha value is -1.10. The molecule has 0 aliphatic carbocycles. The molecule has 2 heterocycles. The minimum absolute atomic E-state index is 0.151. The first-order valence-corrected chi connectivity index (χ1v) is 7.29. The molecule has 0 radical (unpaired) electrons.